The summed E-state index contributed by atoms with van der Waals surface area (Å²) in [6, 6.07) is 0. The number of aldehydes is 1. The molecular formula is C10H11NO4. The summed E-state index contributed by atoms with van der Waals surface area (Å²) >= 11 is 0. The van der Waals surface area contributed by atoms with Crippen molar-refractivity contribution in [3.63, 3.8) is 0 Å². The molecule has 1 aromatic heterocycles. The zero-order chi connectivity index (χ0) is 11.3. The molecule has 0 aromatic carbocycles. The molecule has 0 bridgehead atoms. The van der Waals surface area contributed by atoms with Crippen molar-refractivity contribution < 1.29 is 18.7 Å². The van der Waals surface area contributed by atoms with Crippen molar-refractivity contribution in [3.8, 4) is 0 Å². The van der Waals surface area contributed by atoms with Crippen molar-refractivity contribution >= 4 is 17.8 Å². The number of carbonyl (C=O) groups is 2. The van der Waals surface area contributed by atoms with Crippen LogP contribution in [0.4, 0.5) is 0 Å². The molecular weight excluding hydrogens is 198 g/mol. The average molecular weight is 209 g/mol. The molecule has 0 atom stereocenters. The molecule has 1 rings (SSSR count). The summed E-state index contributed by atoms with van der Waals surface area (Å²) in [7, 11) is 0. The van der Waals surface area contributed by atoms with E-state index in [0.717, 1.165) is 0 Å². The van der Waals surface area contributed by atoms with Crippen LogP contribution in [0.1, 0.15) is 30.2 Å². The molecule has 0 saturated heterocycles. The Kier molecular flexibility index (Phi) is 3.79. The van der Waals surface area contributed by atoms with E-state index >= 15 is 0 Å². The zero-order valence-corrected chi connectivity index (χ0v) is 8.52. The molecule has 1 aromatic rings. The highest BCUT2D eigenvalue weighted by Gasteiger charge is 2.13. The first-order valence-electron chi connectivity index (χ1n) is 4.44. The second kappa shape index (κ2) is 5.09. The summed E-state index contributed by atoms with van der Waals surface area (Å²) in [5, 5.41) is 0. The van der Waals surface area contributed by atoms with Gasteiger partial charge < -0.3 is 9.15 Å². The fourth-order valence-electron chi connectivity index (χ4n) is 0.927. The van der Waals surface area contributed by atoms with E-state index in [1.807, 2.05) is 0 Å². The Morgan fingerprint density at radius 3 is 3.00 bits per heavy atom. The van der Waals surface area contributed by atoms with Crippen LogP contribution < -0.4 is 0 Å². The highest BCUT2D eigenvalue weighted by molar-refractivity contribution is 5.87. The third kappa shape index (κ3) is 2.77. The van der Waals surface area contributed by atoms with Gasteiger partial charge in [-0.1, -0.05) is 0 Å². The Morgan fingerprint density at radius 2 is 2.40 bits per heavy atom. The van der Waals surface area contributed by atoms with Crippen LogP contribution in [-0.2, 0) is 9.53 Å². The number of allylic oxidation sites excluding steroid dienone is 2. The highest BCUT2D eigenvalue weighted by Crippen LogP contribution is 2.12. The quantitative estimate of drug-likeness (QED) is 0.426. The number of carbonyl (C=O) groups excluding carboxylic acids is 2. The van der Waals surface area contributed by atoms with E-state index in [-0.39, 0.29) is 18.2 Å². The average Bonchev–Trinajstić information content (AvgIpc) is 2.67. The molecule has 0 aliphatic carbocycles. The molecule has 15 heavy (non-hydrogen) atoms. The smallest absolute Gasteiger partial charge is 0.360 e. The van der Waals surface area contributed by atoms with Gasteiger partial charge in [-0.2, -0.15) is 0 Å². The Balaban J connectivity index is 2.85. The minimum absolute atomic E-state index is 0.102. The van der Waals surface area contributed by atoms with Crippen LogP contribution >= 0.6 is 0 Å². The van der Waals surface area contributed by atoms with Crippen LogP contribution in [0.25, 0.3) is 5.57 Å². The standard InChI is InChI=1S/C10H11NO4/c1-3-14-10(13)8-6-15-9(11-8)7(2)4-5-12/h4-6H,3H2,1-2H3/b7-4+. The van der Waals surface area contributed by atoms with E-state index in [0.29, 0.717) is 11.9 Å². The van der Waals surface area contributed by atoms with Gasteiger partial charge in [0.1, 0.15) is 12.5 Å². The van der Waals surface area contributed by atoms with Gasteiger partial charge in [0.15, 0.2) is 5.69 Å². The normalized spacial score (nSPS) is 11.2. The summed E-state index contributed by atoms with van der Waals surface area (Å²) in [6.07, 6.45) is 3.14. The first-order valence-corrected chi connectivity index (χ1v) is 4.44. The lowest BCUT2D eigenvalue weighted by Gasteiger charge is -1.94. The van der Waals surface area contributed by atoms with Gasteiger partial charge in [-0.05, 0) is 19.9 Å². The van der Waals surface area contributed by atoms with Crippen LogP contribution in [-0.4, -0.2) is 23.8 Å². The number of hydrogen-bond donors (Lipinski definition) is 0. The van der Waals surface area contributed by atoms with Crippen molar-refractivity contribution in [1.82, 2.24) is 4.98 Å². The number of nitrogens with zero attached hydrogens (tertiary/aromatic N) is 1. The maximum atomic E-state index is 11.2. The van der Waals surface area contributed by atoms with Crippen LogP contribution in [0.15, 0.2) is 16.8 Å². The van der Waals surface area contributed by atoms with Gasteiger partial charge in [0, 0.05) is 5.57 Å². The van der Waals surface area contributed by atoms with Crippen molar-refractivity contribution in [3.05, 3.63) is 23.9 Å². The van der Waals surface area contributed by atoms with Gasteiger partial charge in [0.05, 0.1) is 6.61 Å². The van der Waals surface area contributed by atoms with E-state index in [9.17, 15) is 9.59 Å². The first kappa shape index (κ1) is 11.2. The number of aromatic nitrogens is 1. The number of ether oxygens (including phenoxy) is 1. The molecule has 0 unspecified atom stereocenters. The molecule has 5 nitrogen and oxygen atoms in total. The molecule has 0 aliphatic heterocycles. The molecule has 0 radical (unpaired) electrons. The second-order valence-corrected chi connectivity index (χ2v) is 2.74. The molecule has 0 fully saturated rings. The third-order valence-corrected chi connectivity index (χ3v) is 1.64. The van der Waals surface area contributed by atoms with Crippen molar-refractivity contribution in [1.29, 1.82) is 0 Å². The molecule has 0 saturated carbocycles. The van der Waals surface area contributed by atoms with Gasteiger partial charge in [0.2, 0.25) is 5.89 Å². The maximum Gasteiger partial charge on any atom is 0.360 e. The summed E-state index contributed by atoms with van der Waals surface area (Å²) in [5.41, 5.74) is 0.658. The predicted octanol–water partition coefficient (Wildman–Crippen LogP) is 1.45. The van der Waals surface area contributed by atoms with Crippen molar-refractivity contribution in [2.45, 2.75) is 13.8 Å². The minimum atomic E-state index is -0.536. The second-order valence-electron chi connectivity index (χ2n) is 2.74. The fraction of sp³-hybridized carbons (Fsp3) is 0.300. The predicted molar refractivity (Wildman–Crippen MR) is 52.2 cm³/mol. The van der Waals surface area contributed by atoms with E-state index in [1.54, 1.807) is 13.8 Å². The summed E-state index contributed by atoms with van der Waals surface area (Å²) in [6.45, 7) is 3.65. The van der Waals surface area contributed by atoms with E-state index < -0.39 is 5.97 Å². The van der Waals surface area contributed by atoms with Crippen LogP contribution in [0, 0.1) is 0 Å². The van der Waals surface area contributed by atoms with Gasteiger partial charge in [0.25, 0.3) is 0 Å². The number of esters is 1. The van der Waals surface area contributed by atoms with Crippen LogP contribution in [0.3, 0.4) is 0 Å². The molecule has 0 amide bonds. The topological polar surface area (TPSA) is 69.4 Å². The van der Waals surface area contributed by atoms with E-state index in [2.05, 4.69) is 4.98 Å². The monoisotopic (exact) mass is 209 g/mol. The number of rotatable bonds is 4. The fourth-order valence-corrected chi connectivity index (χ4v) is 0.927. The lowest BCUT2D eigenvalue weighted by atomic mass is 10.3. The molecule has 1 heterocycles. The van der Waals surface area contributed by atoms with Crippen molar-refractivity contribution in [2.75, 3.05) is 6.61 Å². The van der Waals surface area contributed by atoms with Crippen molar-refractivity contribution in [2.24, 2.45) is 0 Å². The highest BCUT2D eigenvalue weighted by atomic mass is 16.5. The molecule has 0 aliphatic rings. The van der Waals surface area contributed by atoms with Crippen LogP contribution in [0.2, 0.25) is 0 Å². The lowest BCUT2D eigenvalue weighted by molar-refractivity contribution is -0.104. The van der Waals surface area contributed by atoms with E-state index in [4.69, 9.17) is 9.15 Å². The summed E-state index contributed by atoms with van der Waals surface area (Å²) in [4.78, 5) is 25.3. The molecule has 80 valence electrons. The van der Waals surface area contributed by atoms with Gasteiger partial charge >= 0.3 is 5.97 Å². The maximum absolute atomic E-state index is 11.2. The largest absolute Gasteiger partial charge is 0.461 e. The number of hydrogen-bond acceptors (Lipinski definition) is 5. The Hall–Kier alpha value is -1.91. The zero-order valence-electron chi connectivity index (χ0n) is 8.52. The summed E-state index contributed by atoms with van der Waals surface area (Å²) < 4.78 is 9.74. The minimum Gasteiger partial charge on any atom is -0.461 e. The van der Waals surface area contributed by atoms with Gasteiger partial charge in [-0.15, -0.1) is 0 Å². The Bertz CT molecular complexity index is 392. The van der Waals surface area contributed by atoms with Gasteiger partial charge in [-0.25, -0.2) is 9.78 Å². The Labute approximate surface area is 86.7 Å². The first-order chi connectivity index (χ1) is 7.19. The third-order valence-electron chi connectivity index (χ3n) is 1.64. The lowest BCUT2D eigenvalue weighted by Crippen LogP contribution is -2.04. The molecule has 0 spiro atoms. The summed E-state index contributed by atoms with van der Waals surface area (Å²) in [5.74, 6) is -0.295. The molecule has 0 N–H and O–H groups in total. The van der Waals surface area contributed by atoms with Crippen LogP contribution in [0.5, 0.6) is 0 Å². The SMILES string of the molecule is CCOC(=O)c1coc(/C(C)=C/C=O)n1. The number of oxazole rings is 1. The van der Waals surface area contributed by atoms with Gasteiger partial charge in [-0.3, -0.25) is 4.79 Å². The molecule has 5 heteroatoms. The van der Waals surface area contributed by atoms with E-state index in [1.165, 1.54) is 12.3 Å². The Morgan fingerprint density at radius 1 is 1.67 bits per heavy atom.